The average Bonchev–Trinajstić information content (AvgIpc) is 2.92. The van der Waals surface area contributed by atoms with Crippen LogP contribution < -0.4 is 10.6 Å². The van der Waals surface area contributed by atoms with Crippen LogP contribution in [-0.2, 0) is 4.74 Å². The number of amides is 1. The minimum atomic E-state index is -0.0909. The Labute approximate surface area is 107 Å². The Balaban J connectivity index is 2.02. The predicted molar refractivity (Wildman–Crippen MR) is 69.6 cm³/mol. The number of nitrogens with one attached hydrogen (secondary N) is 2. The van der Waals surface area contributed by atoms with Crippen LogP contribution in [0.25, 0.3) is 0 Å². The quantitative estimate of drug-likeness (QED) is 0.843. The molecule has 98 valence electrons. The second kappa shape index (κ2) is 5.82. The van der Waals surface area contributed by atoms with Crippen LogP contribution in [-0.4, -0.2) is 37.2 Å². The Morgan fingerprint density at radius 1 is 1.61 bits per heavy atom. The maximum atomic E-state index is 12.2. The van der Waals surface area contributed by atoms with Gasteiger partial charge in [-0.15, -0.1) is 0 Å². The Bertz CT molecular complexity index is 416. The number of hydrogen-bond donors (Lipinski definition) is 2. The van der Waals surface area contributed by atoms with Crippen molar-refractivity contribution in [1.29, 1.82) is 0 Å². The van der Waals surface area contributed by atoms with Crippen LogP contribution in [0.3, 0.4) is 0 Å². The second-order valence-corrected chi connectivity index (χ2v) is 4.56. The highest BCUT2D eigenvalue weighted by molar-refractivity contribution is 5.99. The van der Waals surface area contributed by atoms with Crippen molar-refractivity contribution in [3.05, 3.63) is 24.0 Å². The summed E-state index contributed by atoms with van der Waals surface area (Å²) in [5, 5.41) is 6.01. The molecular formula is C13H19N3O2. The van der Waals surface area contributed by atoms with E-state index >= 15 is 0 Å². The topological polar surface area (TPSA) is 63.2 Å². The van der Waals surface area contributed by atoms with Crippen molar-refractivity contribution in [2.24, 2.45) is 5.92 Å². The van der Waals surface area contributed by atoms with Crippen LogP contribution in [0.15, 0.2) is 18.5 Å². The maximum Gasteiger partial charge on any atom is 0.255 e. The van der Waals surface area contributed by atoms with E-state index in [9.17, 15) is 4.79 Å². The molecule has 0 radical (unpaired) electrons. The van der Waals surface area contributed by atoms with Gasteiger partial charge in [-0.05, 0) is 19.4 Å². The van der Waals surface area contributed by atoms with E-state index in [-0.39, 0.29) is 11.9 Å². The number of hydrogen-bond acceptors (Lipinski definition) is 4. The molecule has 2 rings (SSSR count). The number of anilines is 1. The zero-order valence-corrected chi connectivity index (χ0v) is 10.8. The fourth-order valence-corrected chi connectivity index (χ4v) is 2.14. The molecule has 0 aliphatic carbocycles. The molecule has 1 fully saturated rings. The average molecular weight is 249 g/mol. The summed E-state index contributed by atoms with van der Waals surface area (Å²) in [6.45, 7) is 3.54. The van der Waals surface area contributed by atoms with Crippen molar-refractivity contribution >= 4 is 11.6 Å². The van der Waals surface area contributed by atoms with Crippen LogP contribution in [0.4, 0.5) is 5.69 Å². The monoisotopic (exact) mass is 249 g/mol. The number of carbonyl (C=O) groups is 1. The lowest BCUT2D eigenvalue weighted by atomic mass is 10.0. The van der Waals surface area contributed by atoms with Gasteiger partial charge >= 0.3 is 0 Å². The Morgan fingerprint density at radius 3 is 3.11 bits per heavy atom. The molecule has 1 aromatic rings. The molecule has 2 N–H and O–H groups in total. The highest BCUT2D eigenvalue weighted by Gasteiger charge is 2.24. The van der Waals surface area contributed by atoms with Crippen molar-refractivity contribution in [3.8, 4) is 0 Å². The molecule has 1 amide bonds. The molecule has 1 aliphatic heterocycles. The minimum absolute atomic E-state index is 0.0909. The molecule has 1 saturated heterocycles. The van der Waals surface area contributed by atoms with Crippen LogP contribution in [0.5, 0.6) is 0 Å². The van der Waals surface area contributed by atoms with Crippen molar-refractivity contribution in [1.82, 2.24) is 10.3 Å². The highest BCUT2D eigenvalue weighted by Crippen LogP contribution is 2.18. The first-order chi connectivity index (χ1) is 8.72. The number of nitrogens with zero attached hydrogens (tertiary/aromatic N) is 1. The normalized spacial score (nSPS) is 20.4. The smallest absolute Gasteiger partial charge is 0.255 e. The summed E-state index contributed by atoms with van der Waals surface area (Å²) in [6.07, 6.45) is 4.25. The van der Waals surface area contributed by atoms with Gasteiger partial charge in [0.05, 0.1) is 12.2 Å². The van der Waals surface area contributed by atoms with E-state index in [4.69, 9.17) is 4.74 Å². The number of ether oxygens (including phenoxy) is 1. The summed E-state index contributed by atoms with van der Waals surface area (Å²) >= 11 is 0. The van der Waals surface area contributed by atoms with Crippen molar-refractivity contribution < 1.29 is 9.53 Å². The van der Waals surface area contributed by atoms with E-state index < -0.39 is 0 Å². The first-order valence-corrected chi connectivity index (χ1v) is 6.22. The Morgan fingerprint density at radius 2 is 2.44 bits per heavy atom. The third kappa shape index (κ3) is 2.79. The first kappa shape index (κ1) is 12.8. The van der Waals surface area contributed by atoms with E-state index in [2.05, 4.69) is 15.6 Å². The van der Waals surface area contributed by atoms with E-state index in [1.807, 2.05) is 6.92 Å². The van der Waals surface area contributed by atoms with E-state index in [0.717, 1.165) is 25.3 Å². The van der Waals surface area contributed by atoms with Gasteiger partial charge in [0.2, 0.25) is 0 Å². The van der Waals surface area contributed by atoms with Gasteiger partial charge in [0.15, 0.2) is 0 Å². The SMILES string of the molecule is CNc1ccncc1C(=O)NC(C)C1CCOC1. The molecule has 0 spiro atoms. The van der Waals surface area contributed by atoms with Gasteiger partial charge in [0.1, 0.15) is 0 Å². The third-order valence-electron chi connectivity index (χ3n) is 3.37. The lowest BCUT2D eigenvalue weighted by Crippen LogP contribution is -2.38. The molecule has 18 heavy (non-hydrogen) atoms. The number of pyridine rings is 1. The number of carbonyl (C=O) groups excluding carboxylic acids is 1. The molecule has 1 aromatic heterocycles. The van der Waals surface area contributed by atoms with Gasteiger partial charge in [-0.25, -0.2) is 0 Å². The minimum Gasteiger partial charge on any atom is -0.387 e. The standard InChI is InChI=1S/C13H19N3O2/c1-9(10-4-6-18-8-10)16-13(17)11-7-15-5-3-12(11)14-2/h3,5,7,9-10H,4,6,8H2,1-2H3,(H,14,15)(H,16,17). The Hall–Kier alpha value is -1.62. The lowest BCUT2D eigenvalue weighted by Gasteiger charge is -2.19. The van der Waals surface area contributed by atoms with Gasteiger partial charge in [-0.2, -0.15) is 0 Å². The lowest BCUT2D eigenvalue weighted by molar-refractivity contribution is 0.0922. The summed E-state index contributed by atoms with van der Waals surface area (Å²) in [6, 6.07) is 1.91. The van der Waals surface area contributed by atoms with E-state index in [1.54, 1.807) is 25.5 Å². The third-order valence-corrected chi connectivity index (χ3v) is 3.37. The van der Waals surface area contributed by atoms with Crippen LogP contribution >= 0.6 is 0 Å². The second-order valence-electron chi connectivity index (χ2n) is 4.56. The molecule has 5 nitrogen and oxygen atoms in total. The summed E-state index contributed by atoms with van der Waals surface area (Å²) in [5.41, 5.74) is 1.36. The summed E-state index contributed by atoms with van der Waals surface area (Å²) in [4.78, 5) is 16.2. The molecule has 1 aliphatic rings. The fraction of sp³-hybridized carbons (Fsp3) is 0.538. The molecular weight excluding hydrogens is 230 g/mol. The van der Waals surface area contributed by atoms with Crippen molar-refractivity contribution in [3.63, 3.8) is 0 Å². The summed E-state index contributed by atoms with van der Waals surface area (Å²) < 4.78 is 5.33. The zero-order valence-electron chi connectivity index (χ0n) is 10.8. The first-order valence-electron chi connectivity index (χ1n) is 6.22. The zero-order chi connectivity index (χ0) is 13.0. The predicted octanol–water partition coefficient (Wildman–Crippen LogP) is 1.28. The highest BCUT2D eigenvalue weighted by atomic mass is 16.5. The molecule has 2 atom stereocenters. The molecule has 0 bridgehead atoms. The van der Waals surface area contributed by atoms with Crippen LogP contribution in [0.1, 0.15) is 23.7 Å². The maximum absolute atomic E-state index is 12.2. The Kier molecular flexibility index (Phi) is 4.15. The fourth-order valence-electron chi connectivity index (χ4n) is 2.14. The van der Waals surface area contributed by atoms with Gasteiger partial charge in [-0.3, -0.25) is 9.78 Å². The summed E-state index contributed by atoms with van der Waals surface area (Å²) in [7, 11) is 1.79. The molecule has 5 heteroatoms. The number of rotatable bonds is 4. The molecule has 0 aromatic carbocycles. The van der Waals surface area contributed by atoms with E-state index in [0.29, 0.717) is 11.5 Å². The van der Waals surface area contributed by atoms with Crippen LogP contribution in [0, 0.1) is 5.92 Å². The molecule has 2 heterocycles. The van der Waals surface area contributed by atoms with E-state index in [1.165, 1.54) is 0 Å². The van der Waals surface area contributed by atoms with Gasteiger partial charge in [-0.1, -0.05) is 0 Å². The van der Waals surface area contributed by atoms with Gasteiger partial charge in [0.25, 0.3) is 5.91 Å². The van der Waals surface area contributed by atoms with Crippen molar-refractivity contribution in [2.45, 2.75) is 19.4 Å². The molecule has 2 unspecified atom stereocenters. The van der Waals surface area contributed by atoms with Crippen LogP contribution in [0.2, 0.25) is 0 Å². The van der Waals surface area contributed by atoms with Gasteiger partial charge in [0, 0.05) is 43.7 Å². The van der Waals surface area contributed by atoms with Crippen molar-refractivity contribution in [2.75, 3.05) is 25.6 Å². The van der Waals surface area contributed by atoms with Gasteiger partial charge < -0.3 is 15.4 Å². The largest absolute Gasteiger partial charge is 0.387 e. The summed E-state index contributed by atoms with van der Waals surface area (Å²) in [5.74, 6) is 0.315. The number of aromatic nitrogens is 1. The molecule has 0 saturated carbocycles.